The van der Waals surface area contributed by atoms with Crippen molar-refractivity contribution >= 4 is 5.69 Å². The van der Waals surface area contributed by atoms with Crippen molar-refractivity contribution in [2.24, 2.45) is 0 Å². The Morgan fingerprint density at radius 1 is 0.826 bits per heavy atom. The van der Waals surface area contributed by atoms with Crippen molar-refractivity contribution in [3.05, 3.63) is 71.4 Å². The Kier molecular flexibility index (Phi) is 4.02. The van der Waals surface area contributed by atoms with Crippen molar-refractivity contribution in [1.82, 2.24) is 4.98 Å². The molecule has 3 nitrogen and oxygen atoms in total. The van der Waals surface area contributed by atoms with Gasteiger partial charge in [0.25, 0.3) is 0 Å². The van der Waals surface area contributed by atoms with Crippen LogP contribution >= 0.6 is 0 Å². The molecule has 0 aliphatic carbocycles. The average Bonchev–Trinajstić information content (AvgIpc) is 2.53. The minimum absolute atomic E-state index is 0.452. The molecular weight excluding hydrogens is 284 g/mol. The number of anilines is 1. The quantitative estimate of drug-likeness (QED) is 0.736. The molecule has 2 aromatic carbocycles. The zero-order valence-electron chi connectivity index (χ0n) is 13.6. The van der Waals surface area contributed by atoms with Gasteiger partial charge in [0.1, 0.15) is 5.75 Å². The fourth-order valence-corrected chi connectivity index (χ4v) is 2.61. The van der Waals surface area contributed by atoms with Gasteiger partial charge in [0.2, 0.25) is 5.88 Å². The number of rotatable bonds is 3. The van der Waals surface area contributed by atoms with Crippen LogP contribution in [0, 0.1) is 20.8 Å². The van der Waals surface area contributed by atoms with Gasteiger partial charge >= 0.3 is 0 Å². The minimum Gasteiger partial charge on any atom is -0.437 e. The molecule has 0 amide bonds. The van der Waals surface area contributed by atoms with E-state index < -0.39 is 0 Å². The molecule has 0 saturated heterocycles. The lowest BCUT2D eigenvalue weighted by Crippen LogP contribution is -1.97. The summed E-state index contributed by atoms with van der Waals surface area (Å²) in [5.74, 6) is 1.19. The van der Waals surface area contributed by atoms with Crippen LogP contribution in [0.3, 0.4) is 0 Å². The molecule has 0 radical (unpaired) electrons. The van der Waals surface area contributed by atoms with Gasteiger partial charge in [-0.3, -0.25) is 0 Å². The molecule has 116 valence electrons. The fourth-order valence-electron chi connectivity index (χ4n) is 2.61. The van der Waals surface area contributed by atoms with Gasteiger partial charge in [0.05, 0.1) is 5.69 Å². The number of nitrogens with two attached hydrogens (primary N) is 1. The van der Waals surface area contributed by atoms with E-state index in [0.717, 1.165) is 16.9 Å². The van der Waals surface area contributed by atoms with Gasteiger partial charge in [-0.2, -0.15) is 0 Å². The Labute approximate surface area is 136 Å². The van der Waals surface area contributed by atoms with Crippen molar-refractivity contribution in [3.8, 4) is 22.8 Å². The number of hydrogen-bond donors (Lipinski definition) is 1. The van der Waals surface area contributed by atoms with Crippen LogP contribution in [0.2, 0.25) is 0 Å². The first-order valence-corrected chi connectivity index (χ1v) is 7.62. The molecule has 0 bridgehead atoms. The van der Waals surface area contributed by atoms with Crippen LogP contribution in [0.15, 0.2) is 54.7 Å². The van der Waals surface area contributed by atoms with Gasteiger partial charge in [-0.15, -0.1) is 0 Å². The largest absolute Gasteiger partial charge is 0.437 e. The smallest absolute Gasteiger partial charge is 0.242 e. The number of aromatic nitrogens is 1. The van der Waals surface area contributed by atoms with Gasteiger partial charge in [0, 0.05) is 6.20 Å². The molecule has 1 aromatic heterocycles. The number of hydrogen-bond acceptors (Lipinski definition) is 3. The number of benzene rings is 2. The first-order valence-electron chi connectivity index (χ1n) is 7.62. The molecule has 3 heteroatoms. The first-order chi connectivity index (χ1) is 11.1. The van der Waals surface area contributed by atoms with Crippen molar-refractivity contribution < 1.29 is 4.74 Å². The number of aryl methyl sites for hydroxylation is 3. The Bertz CT molecular complexity index is 856. The lowest BCUT2D eigenvalue weighted by atomic mass is 9.97. The summed E-state index contributed by atoms with van der Waals surface area (Å²) in [6, 6.07) is 16.3. The predicted molar refractivity (Wildman–Crippen MR) is 94.8 cm³/mol. The maximum absolute atomic E-state index is 6.02. The van der Waals surface area contributed by atoms with E-state index in [-0.39, 0.29) is 0 Å². The molecule has 0 aliphatic rings. The summed E-state index contributed by atoms with van der Waals surface area (Å²) in [7, 11) is 0. The molecule has 0 spiro atoms. The monoisotopic (exact) mass is 304 g/mol. The highest BCUT2D eigenvalue weighted by molar-refractivity contribution is 5.71. The molecule has 0 fully saturated rings. The molecule has 23 heavy (non-hydrogen) atoms. The highest BCUT2D eigenvalue weighted by Gasteiger charge is 2.09. The van der Waals surface area contributed by atoms with Gasteiger partial charge < -0.3 is 10.5 Å². The highest BCUT2D eigenvalue weighted by atomic mass is 16.5. The standard InChI is InChI=1S/C20H20N2O/c1-13-6-4-5-7-17(13)18-9-8-16(12-15(18)3)23-20-19(21)14(2)10-11-22-20/h4-12H,21H2,1-3H3. The van der Waals surface area contributed by atoms with Crippen LogP contribution in [0.4, 0.5) is 5.69 Å². The third-order valence-corrected chi connectivity index (χ3v) is 4.02. The normalized spacial score (nSPS) is 10.6. The van der Waals surface area contributed by atoms with E-state index in [0.29, 0.717) is 11.6 Å². The Morgan fingerprint density at radius 2 is 1.57 bits per heavy atom. The maximum atomic E-state index is 6.02. The number of ether oxygens (including phenoxy) is 1. The minimum atomic E-state index is 0.452. The van der Waals surface area contributed by atoms with Crippen LogP contribution in [0.25, 0.3) is 11.1 Å². The number of nitrogen functional groups attached to an aromatic ring is 1. The number of nitrogens with zero attached hydrogens (tertiary/aromatic N) is 1. The van der Waals surface area contributed by atoms with Crippen LogP contribution in [0.5, 0.6) is 11.6 Å². The van der Waals surface area contributed by atoms with Crippen LogP contribution in [-0.4, -0.2) is 4.98 Å². The summed E-state index contributed by atoms with van der Waals surface area (Å²) in [4.78, 5) is 4.21. The van der Waals surface area contributed by atoms with Gasteiger partial charge in [-0.05, 0) is 66.8 Å². The molecule has 3 rings (SSSR count). The zero-order valence-corrected chi connectivity index (χ0v) is 13.6. The lowest BCUT2D eigenvalue weighted by molar-refractivity contribution is 0.465. The number of pyridine rings is 1. The Hall–Kier alpha value is -2.81. The molecule has 0 saturated carbocycles. The van der Waals surface area contributed by atoms with Crippen molar-refractivity contribution in [2.45, 2.75) is 20.8 Å². The van der Waals surface area contributed by atoms with Gasteiger partial charge in [-0.1, -0.05) is 30.3 Å². The summed E-state index contributed by atoms with van der Waals surface area (Å²) in [6.07, 6.45) is 1.70. The van der Waals surface area contributed by atoms with Crippen molar-refractivity contribution in [3.63, 3.8) is 0 Å². The average molecular weight is 304 g/mol. The van der Waals surface area contributed by atoms with E-state index in [4.69, 9.17) is 10.5 Å². The van der Waals surface area contributed by atoms with Crippen LogP contribution in [-0.2, 0) is 0 Å². The van der Waals surface area contributed by atoms with Crippen LogP contribution < -0.4 is 10.5 Å². The van der Waals surface area contributed by atoms with E-state index in [2.05, 4.69) is 49.2 Å². The van der Waals surface area contributed by atoms with Crippen molar-refractivity contribution in [2.75, 3.05) is 5.73 Å². The molecule has 0 unspecified atom stereocenters. The third-order valence-electron chi connectivity index (χ3n) is 4.02. The second kappa shape index (κ2) is 6.13. The summed E-state index contributed by atoms with van der Waals surface area (Å²) in [5, 5.41) is 0. The molecule has 3 aromatic rings. The molecule has 0 aliphatic heterocycles. The van der Waals surface area contributed by atoms with Crippen molar-refractivity contribution in [1.29, 1.82) is 0 Å². The highest BCUT2D eigenvalue weighted by Crippen LogP contribution is 2.32. The summed E-state index contributed by atoms with van der Waals surface area (Å²) >= 11 is 0. The summed E-state index contributed by atoms with van der Waals surface area (Å²) in [5.41, 5.74) is 12.4. The van der Waals surface area contributed by atoms with Gasteiger partial charge in [-0.25, -0.2) is 4.98 Å². The SMILES string of the molecule is Cc1ccccc1-c1ccc(Oc2nccc(C)c2N)cc1C. The fraction of sp³-hybridized carbons (Fsp3) is 0.150. The summed E-state index contributed by atoms with van der Waals surface area (Å²) in [6.45, 7) is 6.15. The Morgan fingerprint density at radius 3 is 2.30 bits per heavy atom. The molecule has 0 atom stereocenters. The van der Waals surface area contributed by atoms with Gasteiger partial charge in [0.15, 0.2) is 0 Å². The van der Waals surface area contributed by atoms with E-state index in [1.165, 1.54) is 16.7 Å². The lowest BCUT2D eigenvalue weighted by Gasteiger charge is -2.13. The molecular formula is C20H20N2O. The second-order valence-corrected chi connectivity index (χ2v) is 5.74. The van der Waals surface area contributed by atoms with E-state index >= 15 is 0 Å². The first kappa shape index (κ1) is 15.1. The van der Waals surface area contributed by atoms with E-state index in [9.17, 15) is 0 Å². The van der Waals surface area contributed by atoms with Crippen LogP contribution in [0.1, 0.15) is 16.7 Å². The molecule has 1 heterocycles. The van der Waals surface area contributed by atoms with E-state index in [1.807, 2.05) is 25.1 Å². The second-order valence-electron chi connectivity index (χ2n) is 5.74. The maximum Gasteiger partial charge on any atom is 0.242 e. The Balaban J connectivity index is 1.94. The third kappa shape index (κ3) is 3.04. The van der Waals surface area contributed by atoms with E-state index in [1.54, 1.807) is 6.20 Å². The zero-order chi connectivity index (χ0) is 16.4. The predicted octanol–water partition coefficient (Wildman–Crippen LogP) is 5.05. The topological polar surface area (TPSA) is 48.1 Å². The summed E-state index contributed by atoms with van der Waals surface area (Å²) < 4.78 is 5.86. The molecule has 2 N–H and O–H groups in total.